The van der Waals surface area contributed by atoms with E-state index in [1.807, 2.05) is 19.2 Å². The second-order valence-electron chi connectivity index (χ2n) is 7.03. The Hall–Kier alpha value is -2.67. The molecule has 1 N–H and O–H groups in total. The van der Waals surface area contributed by atoms with E-state index in [1.54, 1.807) is 13.3 Å². The summed E-state index contributed by atoms with van der Waals surface area (Å²) in [7, 11) is 1.63. The molecule has 142 valence electrons. The number of ether oxygens (including phenoxy) is 2. The maximum Gasteiger partial charge on any atom is 0.179 e. The van der Waals surface area contributed by atoms with Crippen LogP contribution in [0.3, 0.4) is 0 Å². The topological polar surface area (TPSA) is 71.9 Å². The summed E-state index contributed by atoms with van der Waals surface area (Å²) < 4.78 is 11.4. The lowest BCUT2D eigenvalue weighted by atomic mass is 10.0. The van der Waals surface area contributed by atoms with Crippen LogP contribution in [0.25, 0.3) is 0 Å². The zero-order valence-corrected chi connectivity index (χ0v) is 16.0. The van der Waals surface area contributed by atoms with Crippen molar-refractivity contribution in [2.75, 3.05) is 38.7 Å². The molecule has 2 aromatic heterocycles. The van der Waals surface area contributed by atoms with Crippen LogP contribution < -0.4 is 14.8 Å². The summed E-state index contributed by atoms with van der Waals surface area (Å²) in [6.45, 7) is 8.83. The van der Waals surface area contributed by atoms with Gasteiger partial charge in [-0.1, -0.05) is 6.92 Å². The van der Waals surface area contributed by atoms with Gasteiger partial charge in [-0.05, 0) is 25.1 Å². The number of hydrogen-bond acceptors (Lipinski definition) is 7. The standard InChI is InChI=1S/C20H25N5O2/c1-4-25-10-14(11-25)12-27-17-6-19(22-9-18(17)26-3)24-20-16-8-21-7-15(16)5-13(2)23-20/h5-6,8-9,14H,4,7,10-12H2,1-3H3,(H,22,23,24). The fourth-order valence-corrected chi connectivity index (χ4v) is 3.48. The summed E-state index contributed by atoms with van der Waals surface area (Å²) in [5.74, 6) is 3.35. The van der Waals surface area contributed by atoms with Gasteiger partial charge in [0.05, 0.1) is 26.5 Å². The molecule has 1 fully saturated rings. The number of nitrogens with zero attached hydrogens (tertiary/aromatic N) is 4. The van der Waals surface area contributed by atoms with Crippen molar-refractivity contribution in [2.24, 2.45) is 10.9 Å². The fourth-order valence-electron chi connectivity index (χ4n) is 3.48. The molecule has 4 heterocycles. The van der Waals surface area contributed by atoms with Gasteiger partial charge in [-0.15, -0.1) is 0 Å². The normalized spacial score (nSPS) is 16.1. The lowest BCUT2D eigenvalue weighted by Crippen LogP contribution is -2.48. The minimum absolute atomic E-state index is 0.567. The van der Waals surface area contributed by atoms with Crippen molar-refractivity contribution in [1.29, 1.82) is 0 Å². The quantitative estimate of drug-likeness (QED) is 0.811. The van der Waals surface area contributed by atoms with Crippen LogP contribution in [-0.2, 0) is 6.54 Å². The number of methoxy groups -OCH3 is 1. The maximum atomic E-state index is 6.04. The molecule has 1 saturated heterocycles. The van der Waals surface area contributed by atoms with Crippen LogP contribution >= 0.6 is 0 Å². The average molecular weight is 367 g/mol. The van der Waals surface area contributed by atoms with E-state index in [2.05, 4.69) is 38.2 Å². The van der Waals surface area contributed by atoms with E-state index in [9.17, 15) is 0 Å². The monoisotopic (exact) mass is 367 g/mol. The molecule has 7 nitrogen and oxygen atoms in total. The molecule has 27 heavy (non-hydrogen) atoms. The fraction of sp³-hybridized carbons (Fsp3) is 0.450. The molecule has 0 radical (unpaired) electrons. The first-order chi connectivity index (χ1) is 13.2. The summed E-state index contributed by atoms with van der Waals surface area (Å²) in [5.41, 5.74) is 3.16. The van der Waals surface area contributed by atoms with Gasteiger partial charge in [0.15, 0.2) is 11.5 Å². The highest BCUT2D eigenvalue weighted by atomic mass is 16.5. The van der Waals surface area contributed by atoms with Gasteiger partial charge in [0.2, 0.25) is 0 Å². The predicted molar refractivity (Wildman–Crippen MR) is 105 cm³/mol. The molecule has 0 spiro atoms. The highest BCUT2D eigenvalue weighted by Gasteiger charge is 2.26. The molecule has 0 unspecified atom stereocenters. The summed E-state index contributed by atoms with van der Waals surface area (Å²) >= 11 is 0. The molecule has 2 aliphatic heterocycles. The second-order valence-corrected chi connectivity index (χ2v) is 7.03. The van der Waals surface area contributed by atoms with Gasteiger partial charge in [0, 0.05) is 42.5 Å². The molecule has 0 bridgehead atoms. The number of pyridine rings is 2. The molecule has 2 aliphatic rings. The second kappa shape index (κ2) is 7.52. The Kier molecular flexibility index (Phi) is 4.94. The van der Waals surface area contributed by atoms with Crippen LogP contribution in [0.4, 0.5) is 11.6 Å². The van der Waals surface area contributed by atoms with Crippen molar-refractivity contribution in [3.63, 3.8) is 0 Å². The third kappa shape index (κ3) is 3.73. The van der Waals surface area contributed by atoms with Crippen LogP contribution in [0.2, 0.25) is 0 Å². The van der Waals surface area contributed by atoms with Crippen LogP contribution in [0, 0.1) is 12.8 Å². The molecular formula is C20H25N5O2. The van der Waals surface area contributed by atoms with Crippen molar-refractivity contribution in [3.8, 4) is 11.5 Å². The molecule has 0 aliphatic carbocycles. The third-order valence-corrected chi connectivity index (χ3v) is 5.01. The summed E-state index contributed by atoms with van der Waals surface area (Å²) in [6.07, 6.45) is 3.54. The van der Waals surface area contributed by atoms with Crippen molar-refractivity contribution < 1.29 is 9.47 Å². The van der Waals surface area contributed by atoms with Crippen LogP contribution in [-0.4, -0.2) is 54.4 Å². The van der Waals surface area contributed by atoms with E-state index in [0.29, 0.717) is 36.4 Å². The van der Waals surface area contributed by atoms with E-state index in [-0.39, 0.29) is 0 Å². The minimum atomic E-state index is 0.567. The molecule has 4 rings (SSSR count). The van der Waals surface area contributed by atoms with Crippen LogP contribution in [0.5, 0.6) is 11.5 Å². The first-order valence-electron chi connectivity index (χ1n) is 9.32. The van der Waals surface area contributed by atoms with Crippen LogP contribution in [0.15, 0.2) is 23.3 Å². The van der Waals surface area contributed by atoms with Gasteiger partial charge in [-0.25, -0.2) is 9.97 Å². The number of likely N-dealkylation sites (tertiary alicyclic amines) is 1. The number of fused-ring (bicyclic) bond motifs is 1. The number of aryl methyl sites for hydroxylation is 1. The Morgan fingerprint density at radius 2 is 2.11 bits per heavy atom. The largest absolute Gasteiger partial charge is 0.491 e. The Morgan fingerprint density at radius 1 is 1.26 bits per heavy atom. The van der Waals surface area contributed by atoms with E-state index >= 15 is 0 Å². The van der Waals surface area contributed by atoms with Gasteiger partial charge in [0.25, 0.3) is 0 Å². The van der Waals surface area contributed by atoms with Gasteiger partial charge >= 0.3 is 0 Å². The van der Waals surface area contributed by atoms with E-state index in [1.165, 1.54) is 5.56 Å². The lowest BCUT2D eigenvalue weighted by molar-refractivity contribution is 0.0662. The number of aliphatic imine (C=N–C) groups is 1. The van der Waals surface area contributed by atoms with E-state index in [4.69, 9.17) is 9.47 Å². The number of anilines is 2. The summed E-state index contributed by atoms with van der Waals surface area (Å²) in [6, 6.07) is 3.94. The molecule has 2 aromatic rings. The first kappa shape index (κ1) is 17.7. The highest BCUT2D eigenvalue weighted by molar-refractivity contribution is 5.91. The number of hydrogen-bond donors (Lipinski definition) is 1. The first-order valence-corrected chi connectivity index (χ1v) is 9.32. The molecule has 7 heteroatoms. The molecule has 0 saturated carbocycles. The Labute approximate surface area is 159 Å². The molecule has 0 amide bonds. The van der Waals surface area contributed by atoms with E-state index < -0.39 is 0 Å². The number of rotatable bonds is 7. The Balaban J connectivity index is 1.50. The van der Waals surface area contributed by atoms with Gasteiger partial charge in [0.1, 0.15) is 11.6 Å². The minimum Gasteiger partial charge on any atom is -0.491 e. The van der Waals surface area contributed by atoms with Gasteiger partial charge in [-0.2, -0.15) is 0 Å². The zero-order chi connectivity index (χ0) is 18.8. The van der Waals surface area contributed by atoms with Crippen molar-refractivity contribution in [2.45, 2.75) is 20.4 Å². The third-order valence-electron chi connectivity index (χ3n) is 5.01. The predicted octanol–water partition coefficient (Wildman–Crippen LogP) is 2.80. The Bertz CT molecular complexity index is 862. The zero-order valence-electron chi connectivity index (χ0n) is 16.0. The SMILES string of the molecule is CCN1CC(COc2cc(Nc3nc(C)cc4c3C=NC4)ncc2OC)C1. The van der Waals surface area contributed by atoms with Crippen molar-refractivity contribution in [3.05, 3.63) is 35.2 Å². The molecule has 0 atom stereocenters. The van der Waals surface area contributed by atoms with E-state index in [0.717, 1.165) is 36.7 Å². The smallest absolute Gasteiger partial charge is 0.179 e. The summed E-state index contributed by atoms with van der Waals surface area (Å²) in [5, 5.41) is 3.31. The van der Waals surface area contributed by atoms with Gasteiger partial charge < -0.3 is 19.7 Å². The highest BCUT2D eigenvalue weighted by Crippen LogP contribution is 2.32. The maximum absolute atomic E-state index is 6.04. The number of aromatic nitrogens is 2. The molecular weight excluding hydrogens is 342 g/mol. The Morgan fingerprint density at radius 3 is 2.89 bits per heavy atom. The van der Waals surface area contributed by atoms with Crippen LogP contribution in [0.1, 0.15) is 23.7 Å². The summed E-state index contributed by atoms with van der Waals surface area (Å²) in [4.78, 5) is 15.8. The lowest BCUT2D eigenvalue weighted by Gasteiger charge is -2.38. The van der Waals surface area contributed by atoms with Gasteiger partial charge in [-0.3, -0.25) is 4.99 Å². The number of nitrogens with one attached hydrogen (secondary N) is 1. The van der Waals surface area contributed by atoms with Crippen molar-refractivity contribution in [1.82, 2.24) is 14.9 Å². The van der Waals surface area contributed by atoms with Crippen molar-refractivity contribution >= 4 is 17.9 Å². The average Bonchev–Trinajstić information content (AvgIpc) is 3.09. The molecule has 0 aromatic carbocycles.